The summed E-state index contributed by atoms with van der Waals surface area (Å²) in [6.07, 6.45) is 2.17. The number of nitrogen functional groups attached to an aromatic ring is 1. The number of likely N-dealkylation sites (tertiary alicyclic amines) is 1. The Kier molecular flexibility index (Phi) is 5.24. The van der Waals surface area contributed by atoms with Crippen molar-refractivity contribution in [2.75, 3.05) is 32.5 Å². The minimum Gasteiger partial charge on any atom is -0.493 e. The Morgan fingerprint density at radius 1 is 1.30 bits per heavy atom. The summed E-state index contributed by atoms with van der Waals surface area (Å²) in [6, 6.07) is 7.12. The number of anilines is 1. The van der Waals surface area contributed by atoms with E-state index in [-0.39, 0.29) is 18.5 Å². The summed E-state index contributed by atoms with van der Waals surface area (Å²) in [6.45, 7) is 2.30. The number of ether oxygens (including phenoxy) is 2. The average molecular weight is 278 g/mol. The van der Waals surface area contributed by atoms with Gasteiger partial charge in [-0.2, -0.15) is 0 Å². The predicted octanol–water partition coefficient (Wildman–Crippen LogP) is 1.68. The van der Waals surface area contributed by atoms with E-state index in [0.717, 1.165) is 25.9 Å². The van der Waals surface area contributed by atoms with Gasteiger partial charge in [0.2, 0.25) is 0 Å². The maximum absolute atomic E-state index is 11.7. The first-order valence-electron chi connectivity index (χ1n) is 7.00. The van der Waals surface area contributed by atoms with Crippen molar-refractivity contribution in [2.45, 2.75) is 25.4 Å². The zero-order valence-electron chi connectivity index (χ0n) is 11.9. The van der Waals surface area contributed by atoms with E-state index < -0.39 is 0 Å². The Bertz CT molecular complexity index is 425. The van der Waals surface area contributed by atoms with Crippen LogP contribution in [0.15, 0.2) is 24.3 Å². The van der Waals surface area contributed by atoms with E-state index in [0.29, 0.717) is 18.0 Å². The van der Waals surface area contributed by atoms with Gasteiger partial charge >= 0.3 is 5.97 Å². The second kappa shape index (κ2) is 7.14. The fourth-order valence-electron chi connectivity index (χ4n) is 2.16. The molecule has 110 valence electrons. The lowest BCUT2D eigenvalue weighted by Crippen LogP contribution is -2.35. The molecule has 1 aliphatic rings. The van der Waals surface area contributed by atoms with Gasteiger partial charge in [0.1, 0.15) is 11.9 Å². The molecular weight excluding hydrogens is 256 g/mol. The molecule has 20 heavy (non-hydrogen) atoms. The van der Waals surface area contributed by atoms with Gasteiger partial charge in [-0.25, -0.2) is 0 Å². The number of carbonyl (C=O) groups excluding carboxylic acids is 1. The molecule has 1 fully saturated rings. The minimum atomic E-state index is -0.185. The number of nitrogens with two attached hydrogens (primary N) is 1. The molecule has 1 aromatic carbocycles. The monoisotopic (exact) mass is 278 g/mol. The maximum atomic E-state index is 11.7. The first-order valence-corrected chi connectivity index (χ1v) is 7.00. The van der Waals surface area contributed by atoms with Crippen molar-refractivity contribution in [1.82, 2.24) is 4.90 Å². The molecule has 0 amide bonds. The highest BCUT2D eigenvalue weighted by molar-refractivity contribution is 5.69. The Hall–Kier alpha value is -1.75. The van der Waals surface area contributed by atoms with Crippen LogP contribution in [0.2, 0.25) is 0 Å². The van der Waals surface area contributed by atoms with Crippen LogP contribution in [0.1, 0.15) is 19.3 Å². The van der Waals surface area contributed by atoms with Gasteiger partial charge < -0.3 is 20.1 Å². The summed E-state index contributed by atoms with van der Waals surface area (Å²) < 4.78 is 10.9. The van der Waals surface area contributed by atoms with Crippen LogP contribution in [-0.4, -0.2) is 43.7 Å². The Balaban J connectivity index is 1.64. The number of carbonyl (C=O) groups is 1. The fraction of sp³-hybridized carbons (Fsp3) is 0.533. The third kappa shape index (κ3) is 4.74. The van der Waals surface area contributed by atoms with Crippen LogP contribution in [0.4, 0.5) is 5.69 Å². The zero-order valence-corrected chi connectivity index (χ0v) is 11.9. The first-order chi connectivity index (χ1) is 9.63. The van der Waals surface area contributed by atoms with Gasteiger partial charge in [0.05, 0.1) is 13.0 Å². The minimum absolute atomic E-state index is 0.0650. The van der Waals surface area contributed by atoms with Crippen molar-refractivity contribution < 1.29 is 14.3 Å². The number of benzene rings is 1. The van der Waals surface area contributed by atoms with Gasteiger partial charge in [0.15, 0.2) is 0 Å². The van der Waals surface area contributed by atoms with Gasteiger partial charge in [-0.3, -0.25) is 4.79 Å². The molecule has 5 heteroatoms. The van der Waals surface area contributed by atoms with Crippen LogP contribution in [0.3, 0.4) is 0 Å². The van der Waals surface area contributed by atoms with Crippen LogP contribution in [0.5, 0.6) is 5.75 Å². The highest BCUT2D eigenvalue weighted by Gasteiger charge is 2.20. The molecule has 0 bridgehead atoms. The lowest BCUT2D eigenvalue weighted by Gasteiger charge is -2.28. The van der Waals surface area contributed by atoms with E-state index in [1.54, 1.807) is 24.3 Å². The highest BCUT2D eigenvalue weighted by Crippen LogP contribution is 2.15. The van der Waals surface area contributed by atoms with E-state index in [2.05, 4.69) is 11.9 Å². The second-order valence-electron chi connectivity index (χ2n) is 5.16. The molecule has 1 aromatic rings. The Morgan fingerprint density at radius 3 is 2.60 bits per heavy atom. The van der Waals surface area contributed by atoms with Crippen molar-refractivity contribution in [3.63, 3.8) is 0 Å². The average Bonchev–Trinajstić information content (AvgIpc) is 2.44. The van der Waals surface area contributed by atoms with Crippen molar-refractivity contribution in [1.29, 1.82) is 0 Å². The number of hydrogen-bond acceptors (Lipinski definition) is 5. The van der Waals surface area contributed by atoms with Crippen LogP contribution >= 0.6 is 0 Å². The number of piperidine rings is 1. The van der Waals surface area contributed by atoms with Crippen molar-refractivity contribution in [2.24, 2.45) is 0 Å². The molecular formula is C15H22N2O3. The molecule has 0 unspecified atom stereocenters. The van der Waals surface area contributed by atoms with E-state index in [4.69, 9.17) is 15.2 Å². The third-order valence-electron chi connectivity index (χ3n) is 3.42. The summed E-state index contributed by atoms with van der Waals surface area (Å²) in [7, 11) is 2.08. The van der Waals surface area contributed by atoms with Crippen LogP contribution in [0.25, 0.3) is 0 Å². The van der Waals surface area contributed by atoms with Crippen LogP contribution in [0, 0.1) is 0 Å². The van der Waals surface area contributed by atoms with Gasteiger partial charge in [0, 0.05) is 18.8 Å². The van der Waals surface area contributed by atoms with Crippen molar-refractivity contribution in [3.8, 4) is 5.75 Å². The molecule has 0 aromatic heterocycles. The van der Waals surface area contributed by atoms with E-state index >= 15 is 0 Å². The molecule has 0 radical (unpaired) electrons. The SMILES string of the molecule is CN1CCC(OC(=O)CCOc2ccc(N)cc2)CC1. The largest absolute Gasteiger partial charge is 0.493 e. The predicted molar refractivity (Wildman–Crippen MR) is 77.6 cm³/mol. The lowest BCUT2D eigenvalue weighted by molar-refractivity contribution is -0.151. The molecule has 0 aliphatic carbocycles. The van der Waals surface area contributed by atoms with Gasteiger partial charge in [-0.15, -0.1) is 0 Å². The molecule has 0 atom stereocenters. The number of hydrogen-bond donors (Lipinski definition) is 1. The molecule has 1 saturated heterocycles. The molecule has 0 spiro atoms. The summed E-state index contributed by atoms with van der Waals surface area (Å²) >= 11 is 0. The summed E-state index contributed by atoms with van der Waals surface area (Å²) in [5, 5.41) is 0. The van der Waals surface area contributed by atoms with E-state index in [9.17, 15) is 4.79 Å². The number of nitrogens with zero attached hydrogens (tertiary/aromatic N) is 1. The van der Waals surface area contributed by atoms with Gasteiger partial charge in [-0.1, -0.05) is 0 Å². The number of rotatable bonds is 5. The van der Waals surface area contributed by atoms with Gasteiger partial charge in [0.25, 0.3) is 0 Å². The molecule has 2 N–H and O–H groups in total. The smallest absolute Gasteiger partial charge is 0.309 e. The molecule has 0 saturated carbocycles. The standard InChI is InChI=1S/C15H22N2O3/c1-17-9-6-14(7-10-17)20-15(18)8-11-19-13-4-2-12(16)3-5-13/h2-5,14H,6-11,16H2,1H3. The summed E-state index contributed by atoms with van der Waals surface area (Å²) in [5.74, 6) is 0.529. The third-order valence-corrected chi connectivity index (χ3v) is 3.42. The summed E-state index contributed by atoms with van der Waals surface area (Å²) in [4.78, 5) is 13.9. The molecule has 2 rings (SSSR count). The van der Waals surface area contributed by atoms with Crippen LogP contribution in [-0.2, 0) is 9.53 Å². The molecule has 1 heterocycles. The van der Waals surface area contributed by atoms with E-state index in [1.807, 2.05) is 0 Å². The quantitative estimate of drug-likeness (QED) is 0.655. The maximum Gasteiger partial charge on any atom is 0.309 e. The highest BCUT2D eigenvalue weighted by atomic mass is 16.5. The first kappa shape index (κ1) is 14.7. The Labute approximate surface area is 119 Å². The van der Waals surface area contributed by atoms with E-state index in [1.165, 1.54) is 0 Å². The zero-order chi connectivity index (χ0) is 14.4. The summed E-state index contributed by atoms with van der Waals surface area (Å²) in [5.41, 5.74) is 6.28. The second-order valence-corrected chi connectivity index (χ2v) is 5.16. The van der Waals surface area contributed by atoms with Crippen LogP contribution < -0.4 is 10.5 Å². The number of esters is 1. The van der Waals surface area contributed by atoms with Crippen molar-refractivity contribution >= 4 is 11.7 Å². The van der Waals surface area contributed by atoms with Crippen molar-refractivity contribution in [3.05, 3.63) is 24.3 Å². The molecule has 1 aliphatic heterocycles. The van der Waals surface area contributed by atoms with Gasteiger partial charge in [-0.05, 0) is 44.2 Å². The molecule has 5 nitrogen and oxygen atoms in total. The topological polar surface area (TPSA) is 64.8 Å². The fourth-order valence-corrected chi connectivity index (χ4v) is 2.16. The normalized spacial score (nSPS) is 16.9. The Morgan fingerprint density at radius 2 is 1.95 bits per heavy atom. The lowest BCUT2D eigenvalue weighted by atomic mass is 10.1.